The Hall–Kier alpha value is -1.10. The Morgan fingerprint density at radius 1 is 1.62 bits per heavy atom. The minimum absolute atomic E-state index is 0.0423. The van der Waals surface area contributed by atoms with Crippen LogP contribution in [0.2, 0.25) is 0 Å². The van der Waals surface area contributed by atoms with Gasteiger partial charge in [-0.1, -0.05) is 13.8 Å². The van der Waals surface area contributed by atoms with Crippen molar-refractivity contribution in [3.63, 3.8) is 0 Å². The molecule has 1 aromatic heterocycles. The fourth-order valence-electron chi connectivity index (χ4n) is 1.22. The van der Waals surface area contributed by atoms with Crippen molar-refractivity contribution in [2.45, 2.75) is 27.3 Å². The average Bonchev–Trinajstić information content (AvgIpc) is 2.60. The van der Waals surface area contributed by atoms with E-state index in [1.807, 2.05) is 12.3 Å². The third kappa shape index (κ3) is 4.18. The summed E-state index contributed by atoms with van der Waals surface area (Å²) in [5.41, 5.74) is 0.949. The van der Waals surface area contributed by atoms with Crippen molar-refractivity contribution in [3.05, 3.63) is 16.1 Å². The van der Waals surface area contributed by atoms with Crippen LogP contribution in [-0.2, 0) is 6.54 Å². The molecular formula is C11H19N3OS. The monoisotopic (exact) mass is 241 g/mol. The van der Waals surface area contributed by atoms with Gasteiger partial charge in [0, 0.05) is 19.0 Å². The van der Waals surface area contributed by atoms with E-state index in [0.29, 0.717) is 19.0 Å². The molecule has 0 saturated carbocycles. The van der Waals surface area contributed by atoms with Crippen molar-refractivity contribution in [3.8, 4) is 0 Å². The van der Waals surface area contributed by atoms with Crippen LogP contribution >= 0.6 is 11.3 Å². The second-order valence-corrected chi connectivity index (χ2v) is 5.36. The number of nitrogens with zero attached hydrogens (tertiary/aromatic N) is 2. The number of nitrogens with one attached hydrogen (secondary N) is 1. The van der Waals surface area contributed by atoms with Gasteiger partial charge in [0.2, 0.25) is 0 Å². The normalized spacial score (nSPS) is 10.6. The van der Waals surface area contributed by atoms with Gasteiger partial charge in [0.05, 0.1) is 17.2 Å². The molecule has 1 heterocycles. The molecule has 0 radical (unpaired) electrons. The topological polar surface area (TPSA) is 45.2 Å². The van der Waals surface area contributed by atoms with Gasteiger partial charge in [-0.05, 0) is 12.8 Å². The van der Waals surface area contributed by atoms with E-state index in [-0.39, 0.29) is 6.03 Å². The number of hydrogen-bond donors (Lipinski definition) is 1. The first-order valence-electron chi connectivity index (χ1n) is 5.39. The molecule has 5 heteroatoms. The summed E-state index contributed by atoms with van der Waals surface area (Å²) in [6.07, 6.45) is 0. The van der Waals surface area contributed by atoms with Gasteiger partial charge in [0.25, 0.3) is 0 Å². The fraction of sp³-hybridized carbons (Fsp3) is 0.636. The Morgan fingerprint density at radius 3 is 2.81 bits per heavy atom. The minimum atomic E-state index is -0.0423. The lowest BCUT2D eigenvalue weighted by Gasteiger charge is -2.17. The Morgan fingerprint density at radius 2 is 2.31 bits per heavy atom. The maximum absolute atomic E-state index is 11.6. The van der Waals surface area contributed by atoms with E-state index in [2.05, 4.69) is 24.1 Å². The number of carbonyl (C=O) groups is 1. The molecule has 2 amide bonds. The number of urea groups is 1. The molecule has 1 N–H and O–H groups in total. The van der Waals surface area contributed by atoms with Gasteiger partial charge in [0.1, 0.15) is 0 Å². The van der Waals surface area contributed by atoms with Gasteiger partial charge in [-0.3, -0.25) is 0 Å². The number of rotatable bonds is 4. The van der Waals surface area contributed by atoms with Gasteiger partial charge >= 0.3 is 6.03 Å². The molecule has 0 unspecified atom stereocenters. The minimum Gasteiger partial charge on any atom is -0.338 e. The molecule has 1 rings (SSSR count). The molecule has 4 nitrogen and oxygen atoms in total. The van der Waals surface area contributed by atoms with Crippen LogP contribution < -0.4 is 5.32 Å². The van der Waals surface area contributed by atoms with Crippen LogP contribution in [0, 0.1) is 12.8 Å². The summed E-state index contributed by atoms with van der Waals surface area (Å²) >= 11 is 1.61. The molecule has 16 heavy (non-hydrogen) atoms. The quantitative estimate of drug-likeness (QED) is 0.878. The first-order chi connectivity index (χ1) is 7.49. The van der Waals surface area contributed by atoms with Gasteiger partial charge in [-0.2, -0.15) is 0 Å². The van der Waals surface area contributed by atoms with Crippen molar-refractivity contribution in [1.29, 1.82) is 0 Å². The zero-order valence-electron chi connectivity index (χ0n) is 10.3. The van der Waals surface area contributed by atoms with Gasteiger partial charge < -0.3 is 10.2 Å². The molecular weight excluding hydrogens is 222 g/mol. The molecule has 1 aromatic rings. The molecule has 0 spiro atoms. The summed E-state index contributed by atoms with van der Waals surface area (Å²) < 4.78 is 0. The molecule has 0 aliphatic rings. The predicted octanol–water partition coefficient (Wildman–Crippen LogP) is 2.25. The molecule has 0 bridgehead atoms. The zero-order valence-corrected chi connectivity index (χ0v) is 11.1. The van der Waals surface area contributed by atoms with Crippen LogP contribution in [0.5, 0.6) is 0 Å². The highest BCUT2D eigenvalue weighted by Crippen LogP contribution is 2.09. The molecule has 0 aromatic carbocycles. The predicted molar refractivity (Wildman–Crippen MR) is 66.6 cm³/mol. The van der Waals surface area contributed by atoms with Gasteiger partial charge in [0.15, 0.2) is 0 Å². The lowest BCUT2D eigenvalue weighted by atomic mass is 10.2. The highest BCUT2D eigenvalue weighted by atomic mass is 32.1. The Bertz CT molecular complexity index is 349. The van der Waals surface area contributed by atoms with Crippen molar-refractivity contribution in [2.24, 2.45) is 5.92 Å². The van der Waals surface area contributed by atoms with Crippen LogP contribution in [0.4, 0.5) is 4.79 Å². The summed E-state index contributed by atoms with van der Waals surface area (Å²) in [4.78, 5) is 17.6. The summed E-state index contributed by atoms with van der Waals surface area (Å²) in [6.45, 7) is 7.38. The number of amides is 2. The first-order valence-corrected chi connectivity index (χ1v) is 6.27. The standard InChI is InChI=1S/C11H19N3OS/c1-8(2)5-12-11(15)14(4)6-10-7-16-9(3)13-10/h7-8H,5-6H2,1-4H3,(H,12,15). The van der Waals surface area contributed by atoms with E-state index in [1.54, 1.807) is 23.3 Å². The molecule has 0 saturated heterocycles. The fourth-order valence-corrected chi connectivity index (χ4v) is 1.83. The van der Waals surface area contributed by atoms with E-state index in [0.717, 1.165) is 10.7 Å². The second kappa shape index (κ2) is 5.84. The summed E-state index contributed by atoms with van der Waals surface area (Å²) in [6, 6.07) is -0.0423. The van der Waals surface area contributed by atoms with E-state index in [9.17, 15) is 4.79 Å². The average molecular weight is 241 g/mol. The van der Waals surface area contributed by atoms with Crippen LogP contribution in [0.15, 0.2) is 5.38 Å². The van der Waals surface area contributed by atoms with Crippen molar-refractivity contribution >= 4 is 17.4 Å². The summed E-state index contributed by atoms with van der Waals surface area (Å²) in [5.74, 6) is 0.471. The lowest BCUT2D eigenvalue weighted by Crippen LogP contribution is -2.38. The lowest BCUT2D eigenvalue weighted by molar-refractivity contribution is 0.205. The van der Waals surface area contributed by atoms with Crippen molar-refractivity contribution in [1.82, 2.24) is 15.2 Å². The number of hydrogen-bond acceptors (Lipinski definition) is 3. The van der Waals surface area contributed by atoms with Gasteiger partial charge in [-0.25, -0.2) is 9.78 Å². The van der Waals surface area contributed by atoms with E-state index >= 15 is 0 Å². The Balaban J connectivity index is 2.39. The highest BCUT2D eigenvalue weighted by molar-refractivity contribution is 7.09. The Kier molecular flexibility index (Phi) is 4.73. The zero-order chi connectivity index (χ0) is 12.1. The molecule has 0 fully saturated rings. The molecule has 0 aliphatic carbocycles. The Labute approximate surface area is 101 Å². The number of aromatic nitrogens is 1. The molecule has 0 aliphatic heterocycles. The number of aryl methyl sites for hydroxylation is 1. The van der Waals surface area contributed by atoms with Crippen LogP contribution in [0.3, 0.4) is 0 Å². The third-order valence-electron chi connectivity index (χ3n) is 2.07. The van der Waals surface area contributed by atoms with E-state index in [1.165, 1.54) is 0 Å². The second-order valence-electron chi connectivity index (χ2n) is 4.29. The first kappa shape index (κ1) is 13.0. The van der Waals surface area contributed by atoms with Crippen molar-refractivity contribution in [2.75, 3.05) is 13.6 Å². The molecule has 0 atom stereocenters. The van der Waals surface area contributed by atoms with Crippen LogP contribution in [0.25, 0.3) is 0 Å². The molecule has 90 valence electrons. The highest BCUT2D eigenvalue weighted by Gasteiger charge is 2.10. The van der Waals surface area contributed by atoms with Crippen LogP contribution in [0.1, 0.15) is 24.5 Å². The maximum atomic E-state index is 11.6. The smallest absolute Gasteiger partial charge is 0.317 e. The largest absolute Gasteiger partial charge is 0.338 e. The van der Waals surface area contributed by atoms with Gasteiger partial charge in [-0.15, -0.1) is 11.3 Å². The number of carbonyl (C=O) groups excluding carboxylic acids is 1. The number of thiazole rings is 1. The van der Waals surface area contributed by atoms with E-state index < -0.39 is 0 Å². The third-order valence-corrected chi connectivity index (χ3v) is 2.90. The van der Waals surface area contributed by atoms with E-state index in [4.69, 9.17) is 0 Å². The van der Waals surface area contributed by atoms with Crippen molar-refractivity contribution < 1.29 is 4.79 Å². The summed E-state index contributed by atoms with van der Waals surface area (Å²) in [5, 5.41) is 5.89. The van der Waals surface area contributed by atoms with Crippen LogP contribution in [-0.4, -0.2) is 29.5 Å². The SMILES string of the molecule is Cc1nc(CN(C)C(=O)NCC(C)C)cs1. The maximum Gasteiger partial charge on any atom is 0.317 e. The summed E-state index contributed by atoms with van der Waals surface area (Å²) in [7, 11) is 1.78.